The lowest BCUT2D eigenvalue weighted by molar-refractivity contribution is 0.0619. The lowest BCUT2D eigenvalue weighted by Crippen LogP contribution is -2.31. The summed E-state index contributed by atoms with van der Waals surface area (Å²) in [6.45, 7) is 1.77. The molecule has 74 valence electrons. The second kappa shape index (κ2) is 3.04. The van der Waals surface area contributed by atoms with Crippen molar-refractivity contribution in [3.8, 4) is 0 Å². The van der Waals surface area contributed by atoms with Crippen LogP contribution in [0.25, 0.3) is 5.65 Å². The summed E-state index contributed by atoms with van der Waals surface area (Å²) >= 11 is 0. The highest BCUT2D eigenvalue weighted by Gasteiger charge is 2.24. The first kappa shape index (κ1) is 9.11. The molecule has 0 fully saturated rings. The molecule has 5 nitrogen and oxygen atoms in total. The van der Waals surface area contributed by atoms with E-state index < -0.39 is 5.60 Å². The molecule has 0 amide bonds. The van der Waals surface area contributed by atoms with E-state index in [1.807, 2.05) is 0 Å². The van der Waals surface area contributed by atoms with Crippen LogP contribution in [-0.4, -0.2) is 26.2 Å². The van der Waals surface area contributed by atoms with Gasteiger partial charge in [0.1, 0.15) is 5.60 Å². The Morgan fingerprint density at radius 3 is 3.07 bits per heavy atom. The number of hydrogen-bond acceptors (Lipinski definition) is 4. The van der Waals surface area contributed by atoms with Gasteiger partial charge in [-0.1, -0.05) is 0 Å². The summed E-state index contributed by atoms with van der Waals surface area (Å²) in [6.07, 6.45) is 3.45. The molecule has 0 radical (unpaired) electrons. The molecule has 5 heteroatoms. The molecule has 2 aromatic heterocycles. The van der Waals surface area contributed by atoms with E-state index in [1.54, 1.807) is 36.0 Å². The van der Waals surface area contributed by atoms with Gasteiger partial charge < -0.3 is 10.8 Å². The minimum Gasteiger partial charge on any atom is -0.382 e. The van der Waals surface area contributed by atoms with E-state index in [0.717, 1.165) is 0 Å². The van der Waals surface area contributed by atoms with Gasteiger partial charge in [0, 0.05) is 25.0 Å². The second-order valence-electron chi connectivity index (χ2n) is 3.43. The lowest BCUT2D eigenvalue weighted by Gasteiger charge is -2.17. The number of aromatic nitrogens is 3. The van der Waals surface area contributed by atoms with Crippen LogP contribution in [-0.2, 0) is 5.60 Å². The Hall–Kier alpha value is -1.46. The van der Waals surface area contributed by atoms with Crippen molar-refractivity contribution < 1.29 is 5.11 Å². The molecule has 2 heterocycles. The highest BCUT2D eigenvalue weighted by atomic mass is 16.3. The topological polar surface area (TPSA) is 76.4 Å². The SMILES string of the molecule is CC(O)(CN)c1cc2ncccn2n1. The number of aliphatic hydroxyl groups is 1. The summed E-state index contributed by atoms with van der Waals surface area (Å²) in [7, 11) is 0. The smallest absolute Gasteiger partial charge is 0.155 e. The molecule has 1 atom stereocenters. The maximum Gasteiger partial charge on any atom is 0.155 e. The van der Waals surface area contributed by atoms with Crippen molar-refractivity contribution in [2.75, 3.05) is 6.54 Å². The number of rotatable bonds is 2. The summed E-state index contributed by atoms with van der Waals surface area (Å²) in [5.74, 6) is 0. The van der Waals surface area contributed by atoms with Gasteiger partial charge >= 0.3 is 0 Å². The van der Waals surface area contributed by atoms with Crippen molar-refractivity contribution in [1.82, 2.24) is 14.6 Å². The fourth-order valence-electron chi connectivity index (χ4n) is 1.20. The normalized spacial score (nSPS) is 15.6. The lowest BCUT2D eigenvalue weighted by atomic mass is 10.0. The van der Waals surface area contributed by atoms with Crippen LogP contribution >= 0.6 is 0 Å². The number of fused-ring (bicyclic) bond motifs is 1. The molecule has 2 rings (SSSR count). The first-order valence-electron chi connectivity index (χ1n) is 4.37. The molecule has 0 saturated heterocycles. The van der Waals surface area contributed by atoms with Crippen molar-refractivity contribution in [2.45, 2.75) is 12.5 Å². The van der Waals surface area contributed by atoms with Gasteiger partial charge in [0.2, 0.25) is 0 Å². The molecule has 0 aliphatic rings. The first-order chi connectivity index (χ1) is 6.63. The zero-order chi connectivity index (χ0) is 10.2. The molecule has 0 spiro atoms. The highest BCUT2D eigenvalue weighted by Crippen LogP contribution is 2.18. The van der Waals surface area contributed by atoms with Crippen LogP contribution in [0, 0.1) is 0 Å². The average Bonchev–Trinajstić information content (AvgIpc) is 2.61. The molecule has 3 N–H and O–H groups in total. The molecule has 0 aromatic carbocycles. The Bertz CT molecular complexity index is 416. The number of nitrogens with zero attached hydrogens (tertiary/aromatic N) is 3. The van der Waals surface area contributed by atoms with Crippen LogP contribution in [0.15, 0.2) is 24.5 Å². The van der Waals surface area contributed by atoms with Gasteiger partial charge in [-0.2, -0.15) is 5.10 Å². The van der Waals surface area contributed by atoms with Crippen LogP contribution in [0.1, 0.15) is 12.6 Å². The van der Waals surface area contributed by atoms with Gasteiger partial charge in [-0.15, -0.1) is 0 Å². The fourth-order valence-corrected chi connectivity index (χ4v) is 1.20. The van der Waals surface area contributed by atoms with E-state index >= 15 is 0 Å². The van der Waals surface area contributed by atoms with Gasteiger partial charge in [0.25, 0.3) is 0 Å². The van der Waals surface area contributed by atoms with Gasteiger partial charge in [-0.3, -0.25) is 0 Å². The Kier molecular flexibility index (Phi) is 1.98. The number of nitrogens with two attached hydrogens (primary N) is 1. The molecule has 0 aliphatic heterocycles. The minimum atomic E-state index is -1.09. The van der Waals surface area contributed by atoms with Gasteiger partial charge in [0.05, 0.1) is 5.69 Å². The Balaban J connectivity index is 2.55. The zero-order valence-corrected chi connectivity index (χ0v) is 7.88. The third-order valence-corrected chi connectivity index (χ3v) is 2.19. The van der Waals surface area contributed by atoms with Crippen molar-refractivity contribution in [1.29, 1.82) is 0 Å². The summed E-state index contributed by atoms with van der Waals surface area (Å²) in [5.41, 5.74) is 5.60. The maximum atomic E-state index is 9.87. The van der Waals surface area contributed by atoms with E-state index in [-0.39, 0.29) is 6.54 Å². The number of hydrogen-bond donors (Lipinski definition) is 2. The first-order valence-corrected chi connectivity index (χ1v) is 4.37. The summed E-state index contributed by atoms with van der Waals surface area (Å²) in [6, 6.07) is 3.51. The van der Waals surface area contributed by atoms with Crippen molar-refractivity contribution in [3.63, 3.8) is 0 Å². The molecule has 0 bridgehead atoms. The Morgan fingerprint density at radius 1 is 1.64 bits per heavy atom. The Labute approximate surface area is 81.2 Å². The van der Waals surface area contributed by atoms with Crippen LogP contribution in [0.2, 0.25) is 0 Å². The third-order valence-electron chi connectivity index (χ3n) is 2.19. The van der Waals surface area contributed by atoms with E-state index in [1.165, 1.54) is 0 Å². The zero-order valence-electron chi connectivity index (χ0n) is 7.88. The fraction of sp³-hybridized carbons (Fsp3) is 0.333. The maximum absolute atomic E-state index is 9.87. The second-order valence-corrected chi connectivity index (χ2v) is 3.43. The predicted octanol–water partition coefficient (Wildman–Crippen LogP) is -0.105. The van der Waals surface area contributed by atoms with Gasteiger partial charge in [-0.25, -0.2) is 9.50 Å². The van der Waals surface area contributed by atoms with Gasteiger partial charge in [-0.05, 0) is 13.0 Å². The van der Waals surface area contributed by atoms with E-state index in [2.05, 4.69) is 10.1 Å². The average molecular weight is 192 g/mol. The molecular formula is C9H12N4O. The van der Waals surface area contributed by atoms with Crippen LogP contribution in [0.4, 0.5) is 0 Å². The van der Waals surface area contributed by atoms with E-state index in [4.69, 9.17) is 5.73 Å². The Morgan fingerprint density at radius 2 is 2.43 bits per heavy atom. The van der Waals surface area contributed by atoms with Crippen LogP contribution in [0.3, 0.4) is 0 Å². The quantitative estimate of drug-likeness (QED) is 0.696. The van der Waals surface area contributed by atoms with Crippen molar-refractivity contribution in [3.05, 3.63) is 30.2 Å². The molecule has 14 heavy (non-hydrogen) atoms. The summed E-state index contributed by atoms with van der Waals surface area (Å²) < 4.78 is 1.61. The third kappa shape index (κ3) is 1.36. The van der Waals surface area contributed by atoms with Crippen molar-refractivity contribution >= 4 is 5.65 Å². The predicted molar refractivity (Wildman–Crippen MR) is 51.6 cm³/mol. The van der Waals surface area contributed by atoms with Crippen LogP contribution in [0.5, 0.6) is 0 Å². The molecule has 1 unspecified atom stereocenters. The molecule has 0 aliphatic carbocycles. The van der Waals surface area contributed by atoms with E-state index in [9.17, 15) is 5.11 Å². The summed E-state index contributed by atoms with van der Waals surface area (Å²) in [5, 5.41) is 14.0. The molecule has 2 aromatic rings. The molecular weight excluding hydrogens is 180 g/mol. The standard InChI is InChI=1S/C9H12N4O/c1-9(14,6-10)7-5-8-11-3-2-4-13(8)12-7/h2-5,14H,6,10H2,1H3. The largest absolute Gasteiger partial charge is 0.382 e. The van der Waals surface area contributed by atoms with Crippen LogP contribution < -0.4 is 5.73 Å². The highest BCUT2D eigenvalue weighted by molar-refractivity contribution is 5.39. The monoisotopic (exact) mass is 192 g/mol. The van der Waals surface area contributed by atoms with Crippen molar-refractivity contribution in [2.24, 2.45) is 5.73 Å². The van der Waals surface area contributed by atoms with Gasteiger partial charge in [0.15, 0.2) is 5.65 Å². The molecule has 0 saturated carbocycles. The summed E-state index contributed by atoms with van der Waals surface area (Å²) in [4.78, 5) is 4.10. The minimum absolute atomic E-state index is 0.136. The van der Waals surface area contributed by atoms with E-state index in [0.29, 0.717) is 11.3 Å².